The molecule has 1 heterocycles. The van der Waals surface area contributed by atoms with E-state index in [9.17, 15) is 9.59 Å². The Morgan fingerprint density at radius 2 is 2.04 bits per heavy atom. The number of rotatable bonds is 7. The van der Waals surface area contributed by atoms with Gasteiger partial charge in [0.2, 0.25) is 11.8 Å². The minimum Gasteiger partial charge on any atom is -0.333 e. The second-order valence-electron chi connectivity index (χ2n) is 5.24. The SMILES string of the molecule is CCCN(CC(=O)Nc1ccc(Cl)cc1Cl)C(=O)Cc1cccs1. The molecule has 0 fully saturated rings. The van der Waals surface area contributed by atoms with Gasteiger partial charge < -0.3 is 10.2 Å². The van der Waals surface area contributed by atoms with Gasteiger partial charge in [-0.2, -0.15) is 0 Å². The molecule has 1 aromatic carbocycles. The van der Waals surface area contributed by atoms with Crippen molar-refractivity contribution in [1.82, 2.24) is 4.90 Å². The fourth-order valence-corrected chi connectivity index (χ4v) is 3.34. The van der Waals surface area contributed by atoms with E-state index >= 15 is 0 Å². The summed E-state index contributed by atoms with van der Waals surface area (Å²) in [5.41, 5.74) is 0.480. The molecular weight excluding hydrogens is 367 g/mol. The van der Waals surface area contributed by atoms with Crippen LogP contribution in [0.25, 0.3) is 0 Å². The number of carbonyl (C=O) groups is 2. The van der Waals surface area contributed by atoms with Crippen LogP contribution in [0.1, 0.15) is 18.2 Å². The van der Waals surface area contributed by atoms with Gasteiger partial charge in [0.1, 0.15) is 0 Å². The largest absolute Gasteiger partial charge is 0.333 e. The van der Waals surface area contributed by atoms with Gasteiger partial charge in [0, 0.05) is 16.4 Å². The molecule has 4 nitrogen and oxygen atoms in total. The van der Waals surface area contributed by atoms with Crippen LogP contribution in [0.3, 0.4) is 0 Å². The average Bonchev–Trinajstić information content (AvgIpc) is 3.02. The first-order valence-electron chi connectivity index (χ1n) is 7.54. The molecule has 24 heavy (non-hydrogen) atoms. The molecule has 0 aliphatic rings. The summed E-state index contributed by atoms with van der Waals surface area (Å²) in [4.78, 5) is 27.2. The maximum atomic E-state index is 12.4. The van der Waals surface area contributed by atoms with Crippen molar-refractivity contribution < 1.29 is 9.59 Å². The van der Waals surface area contributed by atoms with E-state index in [-0.39, 0.29) is 18.4 Å². The second-order valence-corrected chi connectivity index (χ2v) is 7.12. The fourth-order valence-electron chi connectivity index (χ4n) is 2.19. The molecule has 2 rings (SSSR count). The van der Waals surface area contributed by atoms with Crippen molar-refractivity contribution in [2.24, 2.45) is 0 Å². The van der Waals surface area contributed by atoms with Gasteiger partial charge in [0.25, 0.3) is 0 Å². The van der Waals surface area contributed by atoms with Crippen molar-refractivity contribution in [3.8, 4) is 0 Å². The monoisotopic (exact) mass is 384 g/mol. The number of thiophene rings is 1. The van der Waals surface area contributed by atoms with Gasteiger partial charge in [0.15, 0.2) is 0 Å². The number of carbonyl (C=O) groups excluding carboxylic acids is 2. The number of anilines is 1. The quantitative estimate of drug-likeness (QED) is 0.764. The zero-order chi connectivity index (χ0) is 17.5. The normalized spacial score (nSPS) is 10.5. The molecule has 0 unspecified atom stereocenters. The Kier molecular flexibility index (Phi) is 7.09. The van der Waals surface area contributed by atoms with E-state index in [0.717, 1.165) is 11.3 Å². The van der Waals surface area contributed by atoms with Crippen molar-refractivity contribution >= 4 is 52.0 Å². The minimum absolute atomic E-state index is 0.00297. The zero-order valence-electron chi connectivity index (χ0n) is 13.2. The van der Waals surface area contributed by atoms with Crippen LogP contribution in [0.15, 0.2) is 35.7 Å². The standard InChI is InChI=1S/C17H18Cl2N2O2S/c1-2-7-21(17(23)10-13-4-3-8-24-13)11-16(22)20-15-6-5-12(18)9-14(15)19/h3-6,8-9H,2,7,10-11H2,1H3,(H,20,22). The number of benzene rings is 1. The van der Waals surface area contributed by atoms with Gasteiger partial charge in [-0.25, -0.2) is 0 Å². The molecule has 7 heteroatoms. The molecule has 0 saturated heterocycles. The van der Waals surface area contributed by atoms with E-state index in [2.05, 4.69) is 5.32 Å². The maximum Gasteiger partial charge on any atom is 0.244 e. The van der Waals surface area contributed by atoms with Gasteiger partial charge in [-0.1, -0.05) is 36.2 Å². The summed E-state index contributed by atoms with van der Waals surface area (Å²) in [7, 11) is 0. The van der Waals surface area contributed by atoms with Crippen molar-refractivity contribution in [3.05, 3.63) is 50.6 Å². The third kappa shape index (κ3) is 5.51. The van der Waals surface area contributed by atoms with Crippen LogP contribution in [0.5, 0.6) is 0 Å². The predicted octanol–water partition coefficient (Wildman–Crippen LogP) is 4.47. The highest BCUT2D eigenvalue weighted by Gasteiger charge is 2.18. The topological polar surface area (TPSA) is 49.4 Å². The van der Waals surface area contributed by atoms with Crippen molar-refractivity contribution in [2.75, 3.05) is 18.4 Å². The van der Waals surface area contributed by atoms with Crippen LogP contribution in [-0.4, -0.2) is 29.8 Å². The average molecular weight is 385 g/mol. The Morgan fingerprint density at radius 1 is 1.25 bits per heavy atom. The Hall–Kier alpha value is -1.56. The van der Waals surface area contributed by atoms with E-state index in [0.29, 0.717) is 28.7 Å². The van der Waals surface area contributed by atoms with Gasteiger partial charge in [0.05, 0.1) is 23.7 Å². The van der Waals surface area contributed by atoms with Crippen LogP contribution in [-0.2, 0) is 16.0 Å². The van der Waals surface area contributed by atoms with Crippen LogP contribution in [0.4, 0.5) is 5.69 Å². The lowest BCUT2D eigenvalue weighted by Gasteiger charge is -2.21. The van der Waals surface area contributed by atoms with Crippen molar-refractivity contribution in [1.29, 1.82) is 0 Å². The molecule has 1 N–H and O–H groups in total. The second kappa shape index (κ2) is 9.06. The molecule has 0 spiro atoms. The van der Waals surface area contributed by atoms with E-state index in [1.54, 1.807) is 23.1 Å². The summed E-state index contributed by atoms with van der Waals surface area (Å²) in [5.74, 6) is -0.344. The fraction of sp³-hybridized carbons (Fsp3) is 0.294. The van der Waals surface area contributed by atoms with E-state index in [1.165, 1.54) is 11.3 Å². The maximum absolute atomic E-state index is 12.4. The molecule has 2 aromatic rings. The van der Waals surface area contributed by atoms with Gasteiger partial charge in [-0.05, 0) is 36.1 Å². The van der Waals surface area contributed by atoms with Crippen LogP contribution < -0.4 is 5.32 Å². The number of nitrogens with zero attached hydrogens (tertiary/aromatic N) is 1. The molecule has 0 aliphatic heterocycles. The van der Waals surface area contributed by atoms with Crippen LogP contribution >= 0.6 is 34.5 Å². The molecule has 0 aliphatic carbocycles. The smallest absolute Gasteiger partial charge is 0.244 e. The third-order valence-electron chi connectivity index (χ3n) is 3.29. The van der Waals surface area contributed by atoms with Gasteiger partial charge >= 0.3 is 0 Å². The van der Waals surface area contributed by atoms with Crippen LogP contribution in [0.2, 0.25) is 10.0 Å². The Labute approximate surface area is 155 Å². The summed E-state index contributed by atoms with van der Waals surface area (Å²) < 4.78 is 0. The lowest BCUT2D eigenvalue weighted by atomic mass is 10.2. The Balaban J connectivity index is 1.98. The number of hydrogen-bond acceptors (Lipinski definition) is 3. The highest BCUT2D eigenvalue weighted by molar-refractivity contribution is 7.10. The summed E-state index contributed by atoms with van der Waals surface area (Å²) in [5, 5.41) is 5.51. The van der Waals surface area contributed by atoms with Crippen LogP contribution in [0, 0.1) is 0 Å². The molecule has 2 amide bonds. The molecule has 0 radical (unpaired) electrons. The number of nitrogens with one attached hydrogen (secondary N) is 1. The third-order valence-corrected chi connectivity index (χ3v) is 4.72. The molecular formula is C17H18Cl2N2O2S. The minimum atomic E-state index is -0.285. The summed E-state index contributed by atoms with van der Waals surface area (Å²) in [6.07, 6.45) is 1.10. The van der Waals surface area contributed by atoms with E-state index in [1.807, 2.05) is 24.4 Å². The molecule has 0 saturated carbocycles. The highest BCUT2D eigenvalue weighted by atomic mass is 35.5. The van der Waals surface area contributed by atoms with E-state index < -0.39 is 0 Å². The molecule has 0 atom stereocenters. The predicted molar refractivity (Wildman–Crippen MR) is 100.0 cm³/mol. The lowest BCUT2D eigenvalue weighted by Crippen LogP contribution is -2.39. The number of amides is 2. The lowest BCUT2D eigenvalue weighted by molar-refractivity contribution is -0.134. The van der Waals surface area contributed by atoms with Gasteiger partial charge in [-0.15, -0.1) is 11.3 Å². The summed E-state index contributed by atoms with van der Waals surface area (Å²) in [6, 6.07) is 8.67. The highest BCUT2D eigenvalue weighted by Crippen LogP contribution is 2.25. The molecule has 128 valence electrons. The molecule has 1 aromatic heterocycles. The summed E-state index contributed by atoms with van der Waals surface area (Å²) >= 11 is 13.4. The number of halogens is 2. The summed E-state index contributed by atoms with van der Waals surface area (Å²) in [6.45, 7) is 2.50. The Bertz CT molecular complexity index is 705. The first-order chi connectivity index (χ1) is 11.5. The van der Waals surface area contributed by atoms with E-state index in [4.69, 9.17) is 23.2 Å². The first kappa shape index (κ1) is 18.8. The van der Waals surface area contributed by atoms with Gasteiger partial charge in [-0.3, -0.25) is 9.59 Å². The Morgan fingerprint density at radius 3 is 2.67 bits per heavy atom. The zero-order valence-corrected chi connectivity index (χ0v) is 15.5. The number of hydrogen-bond donors (Lipinski definition) is 1. The van der Waals surface area contributed by atoms with Crippen molar-refractivity contribution in [3.63, 3.8) is 0 Å². The van der Waals surface area contributed by atoms with Crippen molar-refractivity contribution in [2.45, 2.75) is 19.8 Å². The molecule has 0 bridgehead atoms. The first-order valence-corrected chi connectivity index (χ1v) is 9.18.